The van der Waals surface area contributed by atoms with E-state index in [1.165, 1.54) is 0 Å². The van der Waals surface area contributed by atoms with E-state index in [0.29, 0.717) is 46.1 Å². The van der Waals surface area contributed by atoms with Gasteiger partial charge in [-0.2, -0.15) is 0 Å². The Hall–Kier alpha value is -4.26. The van der Waals surface area contributed by atoms with Crippen molar-refractivity contribution < 1.29 is 9.59 Å². The Morgan fingerprint density at radius 3 is 2.31 bits per heavy atom. The molecular formula is C28H26N4O3. The molecule has 1 aromatic heterocycles. The van der Waals surface area contributed by atoms with Crippen LogP contribution in [0, 0.1) is 6.92 Å². The molecule has 0 aliphatic heterocycles. The summed E-state index contributed by atoms with van der Waals surface area (Å²) in [6, 6.07) is 21.9. The number of rotatable bonds is 6. The number of nitrogens with zero attached hydrogens (tertiary/aromatic N) is 3. The Kier molecular flexibility index (Phi) is 5.91. The van der Waals surface area contributed by atoms with Gasteiger partial charge in [-0.1, -0.05) is 24.3 Å². The van der Waals surface area contributed by atoms with Crippen molar-refractivity contribution in [3.8, 4) is 5.69 Å². The summed E-state index contributed by atoms with van der Waals surface area (Å²) < 4.78 is 1.56. The molecule has 2 amide bonds. The minimum Gasteiger partial charge on any atom is -0.349 e. The van der Waals surface area contributed by atoms with Crippen molar-refractivity contribution in [3.05, 3.63) is 106 Å². The summed E-state index contributed by atoms with van der Waals surface area (Å²) in [6.45, 7) is 2.21. The molecule has 3 aromatic carbocycles. The van der Waals surface area contributed by atoms with E-state index in [-0.39, 0.29) is 17.4 Å². The molecule has 176 valence electrons. The van der Waals surface area contributed by atoms with Crippen LogP contribution in [-0.2, 0) is 6.54 Å². The van der Waals surface area contributed by atoms with E-state index in [4.69, 9.17) is 0 Å². The van der Waals surface area contributed by atoms with Crippen LogP contribution in [0.25, 0.3) is 16.6 Å². The monoisotopic (exact) mass is 466 g/mol. The molecule has 7 heteroatoms. The standard InChI is InChI=1S/C28H26N4O3/c1-18-29-25-6-4-3-5-24(25)28(35)32(18)23-15-11-21(12-16-23)27(34)31(2)17-19-7-9-20(10-8-19)26(33)30-22-13-14-22/h3-12,15-16,22H,13-14,17H2,1-2H3,(H,30,33). The fourth-order valence-corrected chi connectivity index (χ4v) is 4.12. The van der Waals surface area contributed by atoms with Crippen LogP contribution < -0.4 is 10.9 Å². The summed E-state index contributed by atoms with van der Waals surface area (Å²) in [6.07, 6.45) is 2.10. The number of nitrogens with one attached hydrogen (secondary N) is 1. The first-order chi connectivity index (χ1) is 16.9. The van der Waals surface area contributed by atoms with Crippen molar-refractivity contribution in [3.63, 3.8) is 0 Å². The number of aryl methyl sites for hydroxylation is 1. The highest BCUT2D eigenvalue weighted by Gasteiger charge is 2.23. The minimum atomic E-state index is -0.140. The van der Waals surface area contributed by atoms with Gasteiger partial charge in [-0.15, -0.1) is 0 Å². The molecule has 0 saturated heterocycles. The van der Waals surface area contributed by atoms with E-state index >= 15 is 0 Å². The molecule has 7 nitrogen and oxygen atoms in total. The van der Waals surface area contributed by atoms with E-state index in [2.05, 4.69) is 10.3 Å². The lowest BCUT2D eigenvalue weighted by atomic mass is 10.1. The van der Waals surface area contributed by atoms with Crippen molar-refractivity contribution >= 4 is 22.7 Å². The van der Waals surface area contributed by atoms with Crippen LogP contribution in [0.4, 0.5) is 0 Å². The summed E-state index contributed by atoms with van der Waals surface area (Å²) in [5.41, 5.74) is 3.26. The Labute approximate surface area is 203 Å². The van der Waals surface area contributed by atoms with E-state index in [1.54, 1.807) is 65.9 Å². The van der Waals surface area contributed by atoms with Crippen LogP contribution in [0.2, 0.25) is 0 Å². The zero-order valence-electron chi connectivity index (χ0n) is 19.7. The molecule has 5 rings (SSSR count). The maximum absolute atomic E-state index is 13.0. The second kappa shape index (κ2) is 9.18. The predicted octanol–water partition coefficient (Wildman–Crippen LogP) is 3.86. The normalized spacial score (nSPS) is 13.0. The molecule has 1 N–H and O–H groups in total. The maximum Gasteiger partial charge on any atom is 0.265 e. The quantitative estimate of drug-likeness (QED) is 0.468. The smallest absolute Gasteiger partial charge is 0.265 e. The molecular weight excluding hydrogens is 440 g/mol. The molecule has 0 atom stereocenters. The maximum atomic E-state index is 13.0. The molecule has 0 bridgehead atoms. The first-order valence-corrected chi connectivity index (χ1v) is 11.6. The number of para-hydroxylation sites is 1. The van der Waals surface area contributed by atoms with Gasteiger partial charge in [-0.05, 0) is 73.9 Å². The zero-order valence-corrected chi connectivity index (χ0v) is 19.7. The third-order valence-electron chi connectivity index (χ3n) is 6.21. The topological polar surface area (TPSA) is 84.3 Å². The molecule has 1 aliphatic rings. The second-order valence-electron chi connectivity index (χ2n) is 8.97. The highest BCUT2D eigenvalue weighted by Crippen LogP contribution is 2.20. The summed E-state index contributed by atoms with van der Waals surface area (Å²) >= 11 is 0. The molecule has 1 fully saturated rings. The highest BCUT2D eigenvalue weighted by molar-refractivity contribution is 5.95. The average Bonchev–Trinajstić information content (AvgIpc) is 3.68. The van der Waals surface area contributed by atoms with Gasteiger partial charge in [0.05, 0.1) is 16.6 Å². The van der Waals surface area contributed by atoms with E-state index in [0.717, 1.165) is 18.4 Å². The first kappa shape index (κ1) is 22.5. The summed E-state index contributed by atoms with van der Waals surface area (Å²) in [4.78, 5) is 44.3. The molecule has 35 heavy (non-hydrogen) atoms. The van der Waals surface area contributed by atoms with Gasteiger partial charge in [-0.25, -0.2) is 4.98 Å². The van der Waals surface area contributed by atoms with Gasteiger partial charge in [0.25, 0.3) is 17.4 Å². The van der Waals surface area contributed by atoms with E-state index < -0.39 is 0 Å². The van der Waals surface area contributed by atoms with Gasteiger partial charge in [0.15, 0.2) is 0 Å². The van der Waals surface area contributed by atoms with Crippen molar-refractivity contribution in [2.24, 2.45) is 0 Å². The fraction of sp³-hybridized carbons (Fsp3) is 0.214. The average molecular weight is 467 g/mol. The molecule has 1 heterocycles. The van der Waals surface area contributed by atoms with E-state index in [9.17, 15) is 14.4 Å². The largest absolute Gasteiger partial charge is 0.349 e. The van der Waals surface area contributed by atoms with Gasteiger partial charge in [0.2, 0.25) is 0 Å². The fourth-order valence-electron chi connectivity index (χ4n) is 4.12. The second-order valence-corrected chi connectivity index (χ2v) is 8.97. The van der Waals surface area contributed by atoms with Crippen LogP contribution in [0.15, 0.2) is 77.6 Å². The number of carbonyl (C=O) groups excluding carboxylic acids is 2. The SMILES string of the molecule is Cc1nc2ccccc2c(=O)n1-c1ccc(C(=O)N(C)Cc2ccc(C(=O)NC3CC3)cc2)cc1. The molecule has 0 radical (unpaired) electrons. The van der Waals surface area contributed by atoms with Gasteiger partial charge in [0, 0.05) is 30.8 Å². The van der Waals surface area contributed by atoms with Crippen molar-refractivity contribution in [2.75, 3.05) is 7.05 Å². The lowest BCUT2D eigenvalue weighted by Crippen LogP contribution is -2.27. The molecule has 0 spiro atoms. The Morgan fingerprint density at radius 2 is 1.63 bits per heavy atom. The lowest BCUT2D eigenvalue weighted by molar-refractivity contribution is 0.0784. The van der Waals surface area contributed by atoms with Crippen LogP contribution in [-0.4, -0.2) is 39.4 Å². The molecule has 1 saturated carbocycles. The highest BCUT2D eigenvalue weighted by atomic mass is 16.2. The molecule has 0 unspecified atom stereocenters. The molecule has 1 aliphatic carbocycles. The van der Waals surface area contributed by atoms with Crippen molar-refractivity contribution in [1.82, 2.24) is 19.8 Å². The van der Waals surface area contributed by atoms with Crippen LogP contribution in [0.3, 0.4) is 0 Å². The first-order valence-electron chi connectivity index (χ1n) is 11.6. The number of amides is 2. The Morgan fingerprint density at radius 1 is 0.971 bits per heavy atom. The Balaban J connectivity index is 1.29. The number of aromatic nitrogens is 2. The van der Waals surface area contributed by atoms with Crippen LogP contribution >= 0.6 is 0 Å². The van der Waals surface area contributed by atoms with Gasteiger partial charge in [-0.3, -0.25) is 19.0 Å². The van der Waals surface area contributed by atoms with Crippen molar-refractivity contribution in [2.45, 2.75) is 32.4 Å². The summed E-state index contributed by atoms with van der Waals surface area (Å²) in [7, 11) is 1.74. The number of carbonyl (C=O) groups is 2. The molecule has 4 aromatic rings. The van der Waals surface area contributed by atoms with Crippen LogP contribution in [0.1, 0.15) is 44.9 Å². The predicted molar refractivity (Wildman–Crippen MR) is 135 cm³/mol. The van der Waals surface area contributed by atoms with E-state index in [1.807, 2.05) is 30.3 Å². The van der Waals surface area contributed by atoms with Crippen molar-refractivity contribution in [1.29, 1.82) is 0 Å². The van der Waals surface area contributed by atoms with Gasteiger partial charge < -0.3 is 10.2 Å². The third-order valence-corrected chi connectivity index (χ3v) is 6.21. The van der Waals surface area contributed by atoms with Crippen LogP contribution in [0.5, 0.6) is 0 Å². The lowest BCUT2D eigenvalue weighted by Gasteiger charge is -2.18. The number of hydrogen-bond acceptors (Lipinski definition) is 4. The number of fused-ring (bicyclic) bond motifs is 1. The van der Waals surface area contributed by atoms with Gasteiger partial charge >= 0.3 is 0 Å². The summed E-state index contributed by atoms with van der Waals surface area (Å²) in [5, 5.41) is 3.52. The third kappa shape index (κ3) is 4.71. The number of hydrogen-bond donors (Lipinski definition) is 1. The zero-order chi connectivity index (χ0) is 24.5. The van der Waals surface area contributed by atoms with Gasteiger partial charge in [0.1, 0.15) is 5.82 Å². The Bertz CT molecular complexity index is 1470. The summed E-state index contributed by atoms with van der Waals surface area (Å²) in [5.74, 6) is 0.395. The minimum absolute atomic E-state index is 0.0560. The number of benzene rings is 3.